The second-order valence-electron chi connectivity index (χ2n) is 11.1. The molecule has 9 heteroatoms. The first kappa shape index (κ1) is 27.6. The number of amides is 3. The van der Waals surface area contributed by atoms with Gasteiger partial charge < -0.3 is 20.0 Å². The fourth-order valence-electron chi connectivity index (χ4n) is 5.95. The monoisotopic (exact) mass is 551 g/mol. The van der Waals surface area contributed by atoms with Crippen LogP contribution in [0.25, 0.3) is 0 Å². The average molecular weight is 552 g/mol. The zero-order valence-electron chi connectivity index (χ0n) is 22.9. The molecule has 1 atom stereocenters. The molecular formula is C30H38ClN5O3. The smallest absolute Gasteiger partial charge is 0.253 e. The number of nitrogens with zero attached hydrogens (tertiary/aromatic N) is 4. The van der Waals surface area contributed by atoms with E-state index in [0.717, 1.165) is 76.1 Å². The van der Waals surface area contributed by atoms with Crippen LogP contribution in [0.1, 0.15) is 57.1 Å². The highest BCUT2D eigenvalue weighted by Crippen LogP contribution is 2.33. The van der Waals surface area contributed by atoms with E-state index in [1.165, 1.54) is 0 Å². The molecule has 0 spiro atoms. The molecule has 2 heterocycles. The molecule has 1 N–H and O–H groups in total. The number of carbonyl (C=O) groups is 3. The largest absolute Gasteiger partial charge is 0.345 e. The van der Waals surface area contributed by atoms with E-state index >= 15 is 0 Å². The molecule has 3 aliphatic rings. The van der Waals surface area contributed by atoms with Gasteiger partial charge in [-0.3, -0.25) is 19.3 Å². The lowest BCUT2D eigenvalue weighted by molar-refractivity contribution is -0.134. The van der Waals surface area contributed by atoms with Gasteiger partial charge in [0.1, 0.15) is 0 Å². The van der Waals surface area contributed by atoms with Crippen molar-refractivity contribution in [2.75, 3.05) is 59.9 Å². The van der Waals surface area contributed by atoms with Gasteiger partial charge in [0.05, 0.1) is 23.2 Å². The fourth-order valence-corrected chi connectivity index (χ4v) is 6.17. The van der Waals surface area contributed by atoms with Crippen molar-refractivity contribution in [3.05, 3.63) is 69.7 Å². The number of nitrogens with one attached hydrogen (secondary N) is 1. The van der Waals surface area contributed by atoms with Crippen molar-refractivity contribution < 1.29 is 14.4 Å². The van der Waals surface area contributed by atoms with Crippen LogP contribution >= 0.6 is 11.6 Å². The van der Waals surface area contributed by atoms with Crippen LogP contribution in [-0.4, -0.2) is 103 Å². The van der Waals surface area contributed by atoms with E-state index in [2.05, 4.69) is 22.2 Å². The Kier molecular flexibility index (Phi) is 8.54. The Morgan fingerprint density at radius 1 is 0.974 bits per heavy atom. The number of fused-ring (bicyclic) bond motifs is 1. The maximum atomic E-state index is 13.5. The molecule has 8 nitrogen and oxygen atoms in total. The van der Waals surface area contributed by atoms with Gasteiger partial charge in [-0.2, -0.15) is 0 Å². The minimum absolute atomic E-state index is 0.00663. The molecule has 5 rings (SSSR count). The molecule has 0 unspecified atom stereocenters. The second-order valence-corrected chi connectivity index (χ2v) is 11.5. The average Bonchev–Trinajstić information content (AvgIpc) is 3.35. The maximum absolute atomic E-state index is 13.5. The van der Waals surface area contributed by atoms with Crippen LogP contribution in [0.2, 0.25) is 5.02 Å². The van der Waals surface area contributed by atoms with Crippen molar-refractivity contribution in [3.63, 3.8) is 0 Å². The Bertz CT molecular complexity index is 1220. The minimum atomic E-state index is -0.204. The summed E-state index contributed by atoms with van der Waals surface area (Å²) in [7, 11) is 3.97. The Hall–Kier alpha value is -2.94. The summed E-state index contributed by atoms with van der Waals surface area (Å²) in [5, 5.41) is 3.53. The molecule has 2 aromatic rings. The van der Waals surface area contributed by atoms with Crippen LogP contribution in [-0.2, 0) is 11.2 Å². The molecule has 0 radical (unpaired) electrons. The van der Waals surface area contributed by atoms with Crippen LogP contribution in [0, 0.1) is 0 Å². The molecule has 3 amide bonds. The van der Waals surface area contributed by atoms with Crippen molar-refractivity contribution in [2.45, 2.75) is 37.8 Å². The normalized spacial score (nSPS) is 20.5. The molecule has 2 aromatic carbocycles. The predicted molar refractivity (Wildman–Crippen MR) is 152 cm³/mol. The number of aryl methyl sites for hydroxylation is 1. The van der Waals surface area contributed by atoms with Crippen molar-refractivity contribution >= 4 is 29.3 Å². The molecule has 39 heavy (non-hydrogen) atoms. The number of carbonyl (C=O) groups excluding carboxylic acids is 3. The minimum Gasteiger partial charge on any atom is -0.345 e. The molecule has 2 fully saturated rings. The lowest BCUT2D eigenvalue weighted by atomic mass is 10.00. The van der Waals surface area contributed by atoms with E-state index < -0.39 is 0 Å². The van der Waals surface area contributed by atoms with Gasteiger partial charge in [0.2, 0.25) is 5.91 Å². The summed E-state index contributed by atoms with van der Waals surface area (Å²) < 4.78 is 0. The standard InChI is InChI=1S/C30H38ClN5O3/c1-33-15-17-36(18-16-33)28(37)20-35-13-11-23(12-14-35)34(2)30(39)22-8-7-21-9-10-27(25(21)19-22)32-29(38)24-5-3-4-6-26(24)31/h3-8,19,23,27H,9-18,20H2,1-2H3,(H,32,38)/t27-/m1/s1. The summed E-state index contributed by atoms with van der Waals surface area (Å²) in [6.45, 7) is 5.53. The van der Waals surface area contributed by atoms with Gasteiger partial charge in [-0.1, -0.05) is 29.8 Å². The molecule has 0 aromatic heterocycles. The van der Waals surface area contributed by atoms with Crippen molar-refractivity contribution in [1.82, 2.24) is 24.9 Å². The fraction of sp³-hybridized carbons (Fsp3) is 0.500. The predicted octanol–water partition coefficient (Wildman–Crippen LogP) is 3.07. The topological polar surface area (TPSA) is 76.2 Å². The van der Waals surface area contributed by atoms with Gasteiger partial charge in [0.25, 0.3) is 11.8 Å². The third-order valence-corrected chi connectivity index (χ3v) is 8.86. The number of rotatable bonds is 6. The van der Waals surface area contributed by atoms with Gasteiger partial charge in [-0.05, 0) is 68.1 Å². The van der Waals surface area contributed by atoms with Gasteiger partial charge >= 0.3 is 0 Å². The highest BCUT2D eigenvalue weighted by atomic mass is 35.5. The first-order chi connectivity index (χ1) is 18.8. The lowest BCUT2D eigenvalue weighted by Crippen LogP contribution is -2.52. The van der Waals surface area contributed by atoms with Gasteiger partial charge in [0.15, 0.2) is 0 Å². The molecule has 2 aliphatic heterocycles. The second kappa shape index (κ2) is 12.1. The summed E-state index contributed by atoms with van der Waals surface area (Å²) in [6, 6.07) is 12.9. The molecular weight excluding hydrogens is 514 g/mol. The lowest BCUT2D eigenvalue weighted by Gasteiger charge is -2.38. The Labute approximate surface area is 235 Å². The molecule has 0 bridgehead atoms. The number of piperazine rings is 1. The van der Waals surface area contributed by atoms with Crippen LogP contribution in [0.4, 0.5) is 0 Å². The van der Waals surface area contributed by atoms with E-state index in [0.29, 0.717) is 22.7 Å². The summed E-state index contributed by atoms with van der Waals surface area (Å²) >= 11 is 6.22. The highest BCUT2D eigenvalue weighted by Gasteiger charge is 2.30. The SMILES string of the molecule is CN1CCN(C(=O)CN2CCC(N(C)C(=O)c3ccc4c(c3)[C@H](NC(=O)c3ccccc3Cl)CC4)CC2)CC1. The Balaban J connectivity index is 1.16. The number of hydrogen-bond donors (Lipinski definition) is 1. The summed E-state index contributed by atoms with van der Waals surface area (Å²) in [5.41, 5.74) is 3.27. The maximum Gasteiger partial charge on any atom is 0.253 e. The zero-order valence-corrected chi connectivity index (χ0v) is 23.6. The van der Waals surface area contributed by atoms with E-state index in [1.807, 2.05) is 35.0 Å². The Morgan fingerprint density at radius 3 is 2.41 bits per heavy atom. The van der Waals surface area contributed by atoms with E-state index in [9.17, 15) is 14.4 Å². The highest BCUT2D eigenvalue weighted by molar-refractivity contribution is 6.33. The Morgan fingerprint density at radius 2 is 1.69 bits per heavy atom. The third kappa shape index (κ3) is 6.29. The molecule has 208 valence electrons. The van der Waals surface area contributed by atoms with E-state index in [4.69, 9.17) is 11.6 Å². The summed E-state index contributed by atoms with van der Waals surface area (Å²) in [5.74, 6) is -0.00157. The van der Waals surface area contributed by atoms with Crippen molar-refractivity contribution in [1.29, 1.82) is 0 Å². The van der Waals surface area contributed by atoms with Crippen LogP contribution in [0.5, 0.6) is 0 Å². The number of likely N-dealkylation sites (N-methyl/N-ethyl adjacent to an activating group) is 1. The molecule has 0 saturated carbocycles. The zero-order chi connectivity index (χ0) is 27.5. The first-order valence-corrected chi connectivity index (χ1v) is 14.3. The van der Waals surface area contributed by atoms with Gasteiger partial charge in [-0.15, -0.1) is 0 Å². The van der Waals surface area contributed by atoms with Crippen molar-refractivity contribution in [2.24, 2.45) is 0 Å². The summed E-state index contributed by atoms with van der Waals surface area (Å²) in [4.78, 5) is 47.4. The van der Waals surface area contributed by atoms with E-state index in [-0.39, 0.29) is 29.8 Å². The summed E-state index contributed by atoms with van der Waals surface area (Å²) in [6.07, 6.45) is 3.35. The van der Waals surface area contributed by atoms with E-state index in [1.54, 1.807) is 24.3 Å². The number of likely N-dealkylation sites (tertiary alicyclic amines) is 1. The number of benzene rings is 2. The van der Waals surface area contributed by atoms with Crippen molar-refractivity contribution in [3.8, 4) is 0 Å². The molecule has 1 aliphatic carbocycles. The van der Waals surface area contributed by atoms with Crippen LogP contribution in [0.3, 0.4) is 0 Å². The van der Waals surface area contributed by atoms with Gasteiger partial charge in [0, 0.05) is 57.9 Å². The number of hydrogen-bond acceptors (Lipinski definition) is 5. The quantitative estimate of drug-likeness (QED) is 0.597. The van der Waals surface area contributed by atoms with Gasteiger partial charge in [-0.25, -0.2) is 0 Å². The number of piperidine rings is 1. The third-order valence-electron chi connectivity index (χ3n) is 8.53. The molecule has 2 saturated heterocycles. The first-order valence-electron chi connectivity index (χ1n) is 13.9. The van der Waals surface area contributed by atoms with Crippen LogP contribution < -0.4 is 5.32 Å². The van der Waals surface area contributed by atoms with Crippen LogP contribution in [0.15, 0.2) is 42.5 Å². The number of halogens is 1.